The summed E-state index contributed by atoms with van der Waals surface area (Å²) in [6.45, 7) is 22.0. The molecular formula is C12H27Sn-. The maximum atomic E-state index is 2.44. The molecule has 80 valence electrons. The van der Waals surface area contributed by atoms with Crippen molar-refractivity contribution in [3.8, 4) is 0 Å². The van der Waals surface area contributed by atoms with Crippen LogP contribution in [0.4, 0.5) is 0 Å². The van der Waals surface area contributed by atoms with Gasteiger partial charge in [-0.05, 0) is 0 Å². The van der Waals surface area contributed by atoms with Gasteiger partial charge in [-0.1, -0.05) is 0 Å². The molecule has 0 atom stereocenters. The first-order valence-corrected chi connectivity index (χ1v) is 9.53. The van der Waals surface area contributed by atoms with Gasteiger partial charge in [0.1, 0.15) is 0 Å². The molecule has 0 nitrogen and oxygen atoms in total. The quantitative estimate of drug-likeness (QED) is 0.558. The van der Waals surface area contributed by atoms with Crippen LogP contribution >= 0.6 is 0 Å². The molecule has 0 fully saturated rings. The molecule has 1 heteroatoms. The fourth-order valence-corrected chi connectivity index (χ4v) is 22.6. The van der Waals surface area contributed by atoms with E-state index >= 15 is 0 Å². The van der Waals surface area contributed by atoms with Gasteiger partial charge in [0.15, 0.2) is 0 Å². The SMILES string of the molecule is C[C](C)(C)[Sn-]([C](C)(C)C)[C](C)(C)C. The number of hydrogen-bond acceptors (Lipinski definition) is 0. The molecule has 0 aromatic carbocycles. The van der Waals surface area contributed by atoms with E-state index in [1.807, 2.05) is 0 Å². The molecule has 0 aliphatic carbocycles. The van der Waals surface area contributed by atoms with E-state index in [9.17, 15) is 0 Å². The van der Waals surface area contributed by atoms with Crippen molar-refractivity contribution >= 4 is 19.8 Å². The van der Waals surface area contributed by atoms with Crippen molar-refractivity contribution in [2.45, 2.75) is 72.6 Å². The molecule has 13 heavy (non-hydrogen) atoms. The third-order valence-electron chi connectivity index (χ3n) is 2.25. The molecule has 0 aromatic heterocycles. The zero-order chi connectivity index (χ0) is 11.1. The van der Waals surface area contributed by atoms with Gasteiger partial charge in [0.05, 0.1) is 0 Å². The molecule has 0 bridgehead atoms. The fourth-order valence-electron chi connectivity index (χ4n) is 3.38. The van der Waals surface area contributed by atoms with Crippen LogP contribution < -0.4 is 0 Å². The normalized spacial score (nSPS) is 15.2. The molecule has 0 spiro atoms. The predicted octanol–water partition coefficient (Wildman–Crippen LogP) is 4.88. The van der Waals surface area contributed by atoms with Crippen molar-refractivity contribution in [2.75, 3.05) is 0 Å². The Hall–Kier alpha value is 0.799. The van der Waals surface area contributed by atoms with Crippen LogP contribution in [0, 0.1) is 0 Å². The van der Waals surface area contributed by atoms with Gasteiger partial charge < -0.3 is 0 Å². The maximum absolute atomic E-state index is 2.44. The van der Waals surface area contributed by atoms with Gasteiger partial charge in [-0.2, -0.15) is 0 Å². The third kappa shape index (κ3) is 4.22. The summed E-state index contributed by atoms with van der Waals surface area (Å²) in [5, 5.41) is 0. The number of hydrogen-bond donors (Lipinski definition) is 0. The summed E-state index contributed by atoms with van der Waals surface area (Å²) in [5.74, 6) is 0. The molecule has 0 aliphatic heterocycles. The van der Waals surface area contributed by atoms with Crippen molar-refractivity contribution in [3.05, 3.63) is 0 Å². The van der Waals surface area contributed by atoms with Crippen molar-refractivity contribution < 1.29 is 0 Å². The second-order valence-electron chi connectivity index (χ2n) is 7.12. The molecule has 0 heterocycles. The van der Waals surface area contributed by atoms with E-state index in [4.69, 9.17) is 0 Å². The van der Waals surface area contributed by atoms with E-state index < -0.39 is 19.8 Å². The Morgan fingerprint density at radius 3 is 0.615 bits per heavy atom. The fraction of sp³-hybridized carbons (Fsp3) is 1.00. The average Bonchev–Trinajstić information content (AvgIpc) is 1.44. The molecular weight excluding hydrogens is 263 g/mol. The van der Waals surface area contributed by atoms with E-state index in [1.54, 1.807) is 0 Å². The van der Waals surface area contributed by atoms with Crippen LogP contribution in [0.1, 0.15) is 62.3 Å². The van der Waals surface area contributed by atoms with E-state index in [2.05, 4.69) is 62.3 Å². The van der Waals surface area contributed by atoms with Gasteiger partial charge in [0.25, 0.3) is 0 Å². The molecule has 0 N–H and O–H groups in total. The van der Waals surface area contributed by atoms with Gasteiger partial charge in [-0.3, -0.25) is 0 Å². The summed E-state index contributed by atoms with van der Waals surface area (Å²) in [7, 11) is 0. The standard InChI is InChI=1S/3C4H9.Sn/c3*1-4(2)3;/h3*1-3H3;/q;;;-1. The van der Waals surface area contributed by atoms with Crippen LogP contribution in [0.15, 0.2) is 0 Å². The zero-order valence-electron chi connectivity index (χ0n) is 11.0. The first-order chi connectivity index (χ1) is 5.37. The minimum atomic E-state index is -1.43. The summed E-state index contributed by atoms with van der Waals surface area (Å²) in [6, 6.07) is 0. The zero-order valence-corrected chi connectivity index (χ0v) is 13.9. The van der Waals surface area contributed by atoms with Gasteiger partial charge in [-0.25, -0.2) is 0 Å². The topological polar surface area (TPSA) is 0 Å². The summed E-state index contributed by atoms with van der Waals surface area (Å²) in [4.78, 5) is 0. The summed E-state index contributed by atoms with van der Waals surface area (Å²) >= 11 is -1.43. The van der Waals surface area contributed by atoms with Crippen LogP contribution in [0.25, 0.3) is 0 Å². The Bertz CT molecular complexity index is 128. The predicted molar refractivity (Wildman–Crippen MR) is 64.9 cm³/mol. The Balaban J connectivity index is 5.02. The third-order valence-corrected chi connectivity index (χ3v) is 15.1. The van der Waals surface area contributed by atoms with Gasteiger partial charge in [0.2, 0.25) is 0 Å². The van der Waals surface area contributed by atoms with Crippen molar-refractivity contribution in [3.63, 3.8) is 0 Å². The van der Waals surface area contributed by atoms with Crippen LogP contribution in [0.2, 0.25) is 10.3 Å². The summed E-state index contributed by atoms with van der Waals surface area (Å²) in [6.07, 6.45) is 0. The van der Waals surface area contributed by atoms with E-state index in [1.165, 1.54) is 0 Å². The summed E-state index contributed by atoms with van der Waals surface area (Å²) in [5.41, 5.74) is 0. The molecule has 0 aromatic rings. The van der Waals surface area contributed by atoms with Crippen LogP contribution in [0.5, 0.6) is 0 Å². The summed E-state index contributed by atoms with van der Waals surface area (Å²) < 4.78 is 1.75. The Labute approximate surface area is 92.2 Å². The molecule has 0 unspecified atom stereocenters. The van der Waals surface area contributed by atoms with Crippen molar-refractivity contribution in [1.82, 2.24) is 0 Å². The molecule has 0 saturated heterocycles. The second kappa shape index (κ2) is 3.75. The van der Waals surface area contributed by atoms with Gasteiger partial charge in [0, 0.05) is 0 Å². The van der Waals surface area contributed by atoms with Crippen LogP contribution in [0.3, 0.4) is 0 Å². The second-order valence-corrected chi connectivity index (χ2v) is 22.1. The minimum absolute atomic E-state index is 0.582. The van der Waals surface area contributed by atoms with Crippen LogP contribution in [-0.2, 0) is 0 Å². The first-order valence-electron chi connectivity index (χ1n) is 5.25. The van der Waals surface area contributed by atoms with E-state index in [0.29, 0.717) is 10.3 Å². The van der Waals surface area contributed by atoms with E-state index in [-0.39, 0.29) is 0 Å². The number of rotatable bonds is 0. The molecule has 0 radical (unpaired) electrons. The average molecular weight is 290 g/mol. The monoisotopic (exact) mass is 291 g/mol. The molecule has 0 saturated carbocycles. The molecule has 0 aliphatic rings. The Kier molecular flexibility index (Phi) is 3.98. The molecule has 0 rings (SSSR count). The van der Waals surface area contributed by atoms with Crippen molar-refractivity contribution in [2.24, 2.45) is 0 Å². The Morgan fingerprint density at radius 2 is 0.615 bits per heavy atom. The Morgan fingerprint density at radius 1 is 0.462 bits per heavy atom. The first kappa shape index (κ1) is 13.8. The van der Waals surface area contributed by atoms with E-state index in [0.717, 1.165) is 0 Å². The van der Waals surface area contributed by atoms with Gasteiger partial charge in [-0.15, -0.1) is 0 Å². The van der Waals surface area contributed by atoms with Crippen LogP contribution in [-0.4, -0.2) is 19.8 Å². The van der Waals surface area contributed by atoms with Gasteiger partial charge >= 0.3 is 92.4 Å². The van der Waals surface area contributed by atoms with Crippen molar-refractivity contribution in [1.29, 1.82) is 0 Å². The molecule has 0 amide bonds.